The minimum Gasteiger partial charge on any atom is -0.461 e. The van der Waals surface area contributed by atoms with Crippen molar-refractivity contribution >= 4 is 11.0 Å². The molecule has 2 aromatic rings. The fraction of sp³-hybridized carbons (Fsp3) is 0.385. The molecule has 0 spiro atoms. The van der Waals surface area contributed by atoms with Gasteiger partial charge < -0.3 is 9.73 Å². The standard InChI is InChI=1S/C13H16FNO/c1-3-15-9(2)6-10-4-5-11-12(14)8-16-13(11)7-10/h4-5,7-9,15H,3,6H2,1-2H3. The summed E-state index contributed by atoms with van der Waals surface area (Å²) in [5, 5.41) is 3.90. The molecule has 1 aromatic heterocycles. The van der Waals surface area contributed by atoms with Crippen molar-refractivity contribution in [1.29, 1.82) is 0 Å². The molecule has 0 saturated heterocycles. The van der Waals surface area contributed by atoms with E-state index in [0.29, 0.717) is 17.0 Å². The van der Waals surface area contributed by atoms with Gasteiger partial charge in [0.15, 0.2) is 5.82 Å². The van der Waals surface area contributed by atoms with E-state index in [0.717, 1.165) is 24.8 Å². The van der Waals surface area contributed by atoms with Gasteiger partial charge in [-0.3, -0.25) is 0 Å². The molecule has 86 valence electrons. The second kappa shape index (κ2) is 4.66. The zero-order chi connectivity index (χ0) is 11.5. The van der Waals surface area contributed by atoms with Crippen LogP contribution >= 0.6 is 0 Å². The van der Waals surface area contributed by atoms with Gasteiger partial charge in [-0.25, -0.2) is 4.39 Å². The van der Waals surface area contributed by atoms with Gasteiger partial charge in [0.25, 0.3) is 0 Å². The summed E-state index contributed by atoms with van der Waals surface area (Å²) in [6, 6.07) is 6.06. The van der Waals surface area contributed by atoms with Crippen molar-refractivity contribution in [2.75, 3.05) is 6.54 Å². The molecular weight excluding hydrogens is 205 g/mol. The van der Waals surface area contributed by atoms with E-state index >= 15 is 0 Å². The Morgan fingerprint density at radius 3 is 3.00 bits per heavy atom. The molecule has 2 rings (SSSR count). The molecule has 0 aliphatic rings. The van der Waals surface area contributed by atoms with Crippen molar-refractivity contribution in [2.24, 2.45) is 0 Å². The Kier molecular flexibility index (Phi) is 3.25. The molecule has 1 atom stereocenters. The van der Waals surface area contributed by atoms with Gasteiger partial charge in [-0.05, 0) is 37.6 Å². The zero-order valence-corrected chi connectivity index (χ0v) is 9.59. The van der Waals surface area contributed by atoms with Gasteiger partial charge in [0.1, 0.15) is 11.8 Å². The number of hydrogen-bond acceptors (Lipinski definition) is 2. The van der Waals surface area contributed by atoms with Gasteiger partial charge in [-0.2, -0.15) is 0 Å². The summed E-state index contributed by atoms with van der Waals surface area (Å²) in [6.45, 7) is 5.18. The largest absolute Gasteiger partial charge is 0.461 e. The fourth-order valence-electron chi connectivity index (χ4n) is 1.94. The molecule has 0 aliphatic heterocycles. The van der Waals surface area contributed by atoms with Gasteiger partial charge in [0, 0.05) is 6.04 Å². The van der Waals surface area contributed by atoms with E-state index < -0.39 is 0 Å². The van der Waals surface area contributed by atoms with Crippen LogP contribution in [0.4, 0.5) is 4.39 Å². The highest BCUT2D eigenvalue weighted by molar-refractivity contribution is 5.78. The molecule has 2 nitrogen and oxygen atoms in total. The van der Waals surface area contributed by atoms with Crippen LogP contribution in [0.15, 0.2) is 28.9 Å². The minimum absolute atomic E-state index is 0.290. The quantitative estimate of drug-likeness (QED) is 0.858. The van der Waals surface area contributed by atoms with Crippen LogP contribution < -0.4 is 5.32 Å². The lowest BCUT2D eigenvalue weighted by Crippen LogP contribution is -2.27. The van der Waals surface area contributed by atoms with Gasteiger partial charge >= 0.3 is 0 Å². The second-order valence-corrected chi connectivity index (χ2v) is 4.08. The van der Waals surface area contributed by atoms with Crippen molar-refractivity contribution in [3.63, 3.8) is 0 Å². The Bertz CT molecular complexity index is 478. The summed E-state index contributed by atoms with van der Waals surface area (Å²) < 4.78 is 18.3. The third-order valence-corrected chi connectivity index (χ3v) is 2.69. The summed E-state index contributed by atoms with van der Waals surface area (Å²) in [5.74, 6) is -0.290. The molecule has 0 bridgehead atoms. The first-order valence-electron chi connectivity index (χ1n) is 5.59. The lowest BCUT2D eigenvalue weighted by atomic mass is 10.1. The number of hydrogen-bond donors (Lipinski definition) is 1. The van der Waals surface area contributed by atoms with Crippen molar-refractivity contribution < 1.29 is 8.81 Å². The average molecular weight is 221 g/mol. The number of halogens is 1. The van der Waals surface area contributed by atoms with E-state index in [4.69, 9.17) is 4.42 Å². The molecule has 0 saturated carbocycles. The molecule has 1 unspecified atom stereocenters. The normalized spacial score (nSPS) is 13.2. The van der Waals surface area contributed by atoms with E-state index in [-0.39, 0.29) is 5.82 Å². The third kappa shape index (κ3) is 2.25. The Labute approximate surface area is 94.4 Å². The molecule has 0 aliphatic carbocycles. The highest BCUT2D eigenvalue weighted by Gasteiger charge is 2.07. The number of fused-ring (bicyclic) bond motifs is 1. The number of likely N-dealkylation sites (N-methyl/N-ethyl adjacent to an activating group) is 1. The molecule has 1 aromatic carbocycles. The highest BCUT2D eigenvalue weighted by Crippen LogP contribution is 2.21. The van der Waals surface area contributed by atoms with Crippen LogP contribution in [0.2, 0.25) is 0 Å². The molecule has 3 heteroatoms. The average Bonchev–Trinajstić information content (AvgIpc) is 2.60. The number of benzene rings is 1. The van der Waals surface area contributed by atoms with Crippen molar-refractivity contribution in [3.8, 4) is 0 Å². The monoisotopic (exact) mass is 221 g/mol. The minimum atomic E-state index is -0.290. The van der Waals surface area contributed by atoms with E-state index in [2.05, 4.69) is 19.2 Å². The highest BCUT2D eigenvalue weighted by atomic mass is 19.1. The summed E-state index contributed by atoms with van der Waals surface area (Å²) in [6.07, 6.45) is 2.08. The molecule has 1 heterocycles. The lowest BCUT2D eigenvalue weighted by Gasteiger charge is -2.11. The number of rotatable bonds is 4. The first-order valence-corrected chi connectivity index (χ1v) is 5.59. The maximum atomic E-state index is 13.2. The summed E-state index contributed by atoms with van der Waals surface area (Å²) >= 11 is 0. The summed E-state index contributed by atoms with van der Waals surface area (Å²) in [4.78, 5) is 0. The van der Waals surface area contributed by atoms with Gasteiger partial charge in [-0.1, -0.05) is 13.0 Å². The van der Waals surface area contributed by atoms with Crippen LogP contribution in [-0.4, -0.2) is 12.6 Å². The molecular formula is C13H16FNO. The van der Waals surface area contributed by atoms with Gasteiger partial charge in [-0.15, -0.1) is 0 Å². The second-order valence-electron chi connectivity index (χ2n) is 4.08. The Hall–Kier alpha value is -1.35. The van der Waals surface area contributed by atoms with Crippen LogP contribution in [0.1, 0.15) is 19.4 Å². The van der Waals surface area contributed by atoms with Crippen LogP contribution in [0.25, 0.3) is 11.0 Å². The summed E-state index contributed by atoms with van der Waals surface area (Å²) in [5.41, 5.74) is 1.79. The predicted octanol–water partition coefficient (Wildman–Crippen LogP) is 3.11. The summed E-state index contributed by atoms with van der Waals surface area (Å²) in [7, 11) is 0. The first kappa shape index (κ1) is 11.1. The topological polar surface area (TPSA) is 25.2 Å². The maximum Gasteiger partial charge on any atom is 0.169 e. The first-order chi connectivity index (χ1) is 7.70. The van der Waals surface area contributed by atoms with E-state index in [1.165, 1.54) is 0 Å². The SMILES string of the molecule is CCNC(C)Cc1ccc2c(F)coc2c1. The van der Waals surface area contributed by atoms with Gasteiger partial charge in [0.05, 0.1) is 5.39 Å². The Morgan fingerprint density at radius 1 is 1.44 bits per heavy atom. The smallest absolute Gasteiger partial charge is 0.169 e. The maximum absolute atomic E-state index is 13.2. The Balaban J connectivity index is 2.19. The molecule has 0 amide bonds. The molecule has 1 N–H and O–H groups in total. The van der Waals surface area contributed by atoms with E-state index in [9.17, 15) is 4.39 Å². The van der Waals surface area contributed by atoms with Crippen LogP contribution in [0, 0.1) is 5.82 Å². The van der Waals surface area contributed by atoms with Crippen LogP contribution in [0.5, 0.6) is 0 Å². The van der Waals surface area contributed by atoms with E-state index in [1.54, 1.807) is 6.07 Å². The van der Waals surface area contributed by atoms with Crippen LogP contribution in [0.3, 0.4) is 0 Å². The number of nitrogens with one attached hydrogen (secondary N) is 1. The van der Waals surface area contributed by atoms with Crippen molar-refractivity contribution in [3.05, 3.63) is 35.8 Å². The lowest BCUT2D eigenvalue weighted by molar-refractivity contribution is 0.555. The molecule has 16 heavy (non-hydrogen) atoms. The predicted molar refractivity (Wildman–Crippen MR) is 63.0 cm³/mol. The Morgan fingerprint density at radius 2 is 2.25 bits per heavy atom. The molecule has 0 radical (unpaired) electrons. The third-order valence-electron chi connectivity index (χ3n) is 2.69. The van der Waals surface area contributed by atoms with Gasteiger partial charge in [0.2, 0.25) is 0 Å². The molecule has 0 fully saturated rings. The van der Waals surface area contributed by atoms with Crippen LogP contribution in [-0.2, 0) is 6.42 Å². The fourth-order valence-corrected chi connectivity index (χ4v) is 1.94. The van der Waals surface area contributed by atoms with Crippen molar-refractivity contribution in [1.82, 2.24) is 5.32 Å². The zero-order valence-electron chi connectivity index (χ0n) is 9.59. The van der Waals surface area contributed by atoms with E-state index in [1.807, 2.05) is 12.1 Å². The van der Waals surface area contributed by atoms with Crippen molar-refractivity contribution in [2.45, 2.75) is 26.3 Å². The number of furan rings is 1.